The zero-order valence-corrected chi connectivity index (χ0v) is 15.5. The highest BCUT2D eigenvalue weighted by Gasteiger charge is 2.28. The second-order valence-corrected chi connectivity index (χ2v) is 6.02. The topological polar surface area (TPSA) is 49.6 Å². The number of hydrogen-bond donors (Lipinski definition) is 1. The van der Waals surface area contributed by atoms with Crippen molar-refractivity contribution in [2.75, 3.05) is 32.7 Å². The molecule has 1 unspecified atom stereocenters. The van der Waals surface area contributed by atoms with Crippen molar-refractivity contribution in [3.63, 3.8) is 0 Å². The number of likely N-dealkylation sites (tertiary alicyclic amines) is 1. The Morgan fingerprint density at radius 2 is 1.67 bits per heavy atom. The summed E-state index contributed by atoms with van der Waals surface area (Å²) in [7, 11) is 0. The molecule has 0 spiro atoms. The lowest BCUT2D eigenvalue weighted by Crippen LogP contribution is -2.50. The summed E-state index contributed by atoms with van der Waals surface area (Å²) < 4.78 is 0. The molecule has 0 aliphatic carbocycles. The van der Waals surface area contributed by atoms with Crippen molar-refractivity contribution in [1.82, 2.24) is 9.80 Å². The fraction of sp³-hybridized carbons (Fsp3) is 0.933. The van der Waals surface area contributed by atoms with Crippen LogP contribution in [0.1, 0.15) is 40.5 Å². The maximum atomic E-state index is 12.2. The van der Waals surface area contributed by atoms with E-state index in [0.717, 1.165) is 44.9 Å². The summed E-state index contributed by atoms with van der Waals surface area (Å²) >= 11 is 0. The molecule has 21 heavy (non-hydrogen) atoms. The Balaban J connectivity index is 0. The van der Waals surface area contributed by atoms with E-state index in [-0.39, 0.29) is 42.7 Å². The quantitative estimate of drug-likeness (QED) is 0.806. The highest BCUT2D eigenvalue weighted by atomic mass is 35.5. The van der Waals surface area contributed by atoms with Gasteiger partial charge in [0, 0.05) is 19.6 Å². The van der Waals surface area contributed by atoms with E-state index >= 15 is 0 Å². The summed E-state index contributed by atoms with van der Waals surface area (Å²) in [5, 5.41) is 0. The van der Waals surface area contributed by atoms with Crippen LogP contribution in [0.15, 0.2) is 0 Å². The first-order valence-corrected chi connectivity index (χ1v) is 7.76. The van der Waals surface area contributed by atoms with Gasteiger partial charge in [0.25, 0.3) is 0 Å². The van der Waals surface area contributed by atoms with Gasteiger partial charge in [0.05, 0.1) is 6.04 Å². The molecule has 0 bridgehead atoms. The minimum atomic E-state index is -0.334. The molecule has 0 aromatic rings. The highest BCUT2D eigenvalue weighted by molar-refractivity contribution is 5.85. The van der Waals surface area contributed by atoms with Crippen molar-refractivity contribution >= 4 is 30.7 Å². The third-order valence-electron chi connectivity index (χ3n) is 4.34. The maximum absolute atomic E-state index is 12.2. The van der Waals surface area contributed by atoms with Crippen LogP contribution in [-0.4, -0.2) is 54.5 Å². The predicted molar refractivity (Wildman–Crippen MR) is 94.4 cm³/mol. The number of carbonyl (C=O) groups excluding carboxylic acids is 1. The average Bonchev–Trinajstić information content (AvgIpc) is 2.43. The molecule has 1 aliphatic heterocycles. The molecule has 1 heterocycles. The molecule has 6 heteroatoms. The minimum Gasteiger partial charge on any atom is -0.341 e. The third kappa shape index (κ3) is 7.18. The maximum Gasteiger partial charge on any atom is 0.239 e. The Bertz CT molecular complexity index is 278. The van der Waals surface area contributed by atoms with Crippen LogP contribution in [-0.2, 0) is 4.79 Å². The zero-order valence-electron chi connectivity index (χ0n) is 13.9. The van der Waals surface area contributed by atoms with Gasteiger partial charge >= 0.3 is 0 Å². The number of piperidine rings is 1. The van der Waals surface area contributed by atoms with Gasteiger partial charge in [-0.25, -0.2) is 0 Å². The second-order valence-electron chi connectivity index (χ2n) is 6.02. The molecule has 0 radical (unpaired) electrons. The Labute approximate surface area is 142 Å². The van der Waals surface area contributed by atoms with Crippen LogP contribution in [0.2, 0.25) is 0 Å². The molecule has 1 atom stereocenters. The van der Waals surface area contributed by atoms with Crippen LogP contribution < -0.4 is 5.73 Å². The van der Waals surface area contributed by atoms with Crippen LogP contribution in [0, 0.1) is 11.8 Å². The van der Waals surface area contributed by atoms with Crippen molar-refractivity contribution in [2.45, 2.75) is 46.6 Å². The van der Waals surface area contributed by atoms with Crippen molar-refractivity contribution in [3.05, 3.63) is 0 Å². The lowest BCUT2D eigenvalue weighted by atomic mass is 9.94. The normalized spacial score (nSPS) is 17.4. The molecule has 1 aliphatic rings. The fourth-order valence-corrected chi connectivity index (χ4v) is 2.68. The Hall–Kier alpha value is -0.0300. The van der Waals surface area contributed by atoms with E-state index in [2.05, 4.69) is 18.7 Å². The van der Waals surface area contributed by atoms with E-state index < -0.39 is 0 Å². The number of nitrogens with two attached hydrogens (primary N) is 1. The molecule has 0 aromatic heterocycles. The average molecular weight is 342 g/mol. The largest absolute Gasteiger partial charge is 0.341 e. The van der Waals surface area contributed by atoms with Crippen LogP contribution >= 0.6 is 24.8 Å². The van der Waals surface area contributed by atoms with E-state index in [1.165, 1.54) is 6.54 Å². The van der Waals surface area contributed by atoms with Gasteiger partial charge in [0.15, 0.2) is 0 Å². The van der Waals surface area contributed by atoms with Gasteiger partial charge in [-0.05, 0) is 37.8 Å². The van der Waals surface area contributed by atoms with Crippen LogP contribution in [0.3, 0.4) is 0 Å². The van der Waals surface area contributed by atoms with Crippen LogP contribution in [0.4, 0.5) is 0 Å². The fourth-order valence-electron chi connectivity index (χ4n) is 2.68. The highest BCUT2D eigenvalue weighted by Crippen LogP contribution is 2.19. The number of hydrogen-bond acceptors (Lipinski definition) is 3. The molecular weight excluding hydrogens is 309 g/mol. The number of halogens is 2. The van der Waals surface area contributed by atoms with E-state index in [1.807, 2.05) is 18.7 Å². The molecule has 0 saturated carbocycles. The summed E-state index contributed by atoms with van der Waals surface area (Å²) in [5.74, 6) is 1.09. The van der Waals surface area contributed by atoms with Gasteiger partial charge in [0.2, 0.25) is 5.91 Å². The van der Waals surface area contributed by atoms with Crippen molar-refractivity contribution in [1.29, 1.82) is 0 Å². The summed E-state index contributed by atoms with van der Waals surface area (Å²) in [5.41, 5.74) is 5.95. The number of carbonyl (C=O) groups is 1. The van der Waals surface area contributed by atoms with Gasteiger partial charge in [0.1, 0.15) is 0 Å². The summed E-state index contributed by atoms with van der Waals surface area (Å²) in [6.07, 6.45) is 2.24. The monoisotopic (exact) mass is 341 g/mol. The first kappa shape index (κ1) is 23.2. The molecule has 1 rings (SSSR count). The Morgan fingerprint density at radius 3 is 2.05 bits per heavy atom. The van der Waals surface area contributed by atoms with Crippen LogP contribution in [0.5, 0.6) is 0 Å². The first-order valence-electron chi connectivity index (χ1n) is 7.76. The SMILES string of the molecule is CCN(CC)CC1CCN(C(=O)C(N)C(C)C)CC1.Cl.Cl. The van der Waals surface area contributed by atoms with Crippen LogP contribution in [0.25, 0.3) is 0 Å². The van der Waals surface area contributed by atoms with Crippen molar-refractivity contribution in [3.8, 4) is 0 Å². The summed E-state index contributed by atoms with van der Waals surface area (Å²) in [4.78, 5) is 16.6. The third-order valence-corrected chi connectivity index (χ3v) is 4.34. The first-order chi connectivity index (χ1) is 8.99. The molecule has 0 aromatic carbocycles. The van der Waals surface area contributed by atoms with Crippen molar-refractivity contribution in [2.24, 2.45) is 17.6 Å². The molecule has 1 amide bonds. The summed E-state index contributed by atoms with van der Waals surface area (Å²) in [6, 6.07) is -0.334. The van der Waals surface area contributed by atoms with Gasteiger partial charge < -0.3 is 15.5 Å². The van der Waals surface area contributed by atoms with Crippen molar-refractivity contribution < 1.29 is 4.79 Å². The van der Waals surface area contributed by atoms with E-state index in [0.29, 0.717) is 0 Å². The zero-order chi connectivity index (χ0) is 14.4. The molecule has 2 N–H and O–H groups in total. The Morgan fingerprint density at radius 1 is 1.19 bits per heavy atom. The van der Waals surface area contributed by atoms with E-state index in [9.17, 15) is 4.79 Å². The smallest absolute Gasteiger partial charge is 0.239 e. The number of nitrogens with zero attached hydrogens (tertiary/aromatic N) is 2. The molecule has 128 valence electrons. The lowest BCUT2D eigenvalue weighted by Gasteiger charge is -2.36. The standard InChI is InChI=1S/C15H31N3O.2ClH/c1-5-17(6-2)11-13-7-9-18(10-8-13)15(19)14(16)12(3)4;;/h12-14H,5-11,16H2,1-4H3;2*1H. The van der Waals surface area contributed by atoms with E-state index in [1.54, 1.807) is 0 Å². The molecule has 1 saturated heterocycles. The Kier molecular flexibility index (Phi) is 12.8. The summed E-state index contributed by atoms with van der Waals surface area (Å²) in [6.45, 7) is 13.6. The van der Waals surface area contributed by atoms with Gasteiger partial charge in [-0.3, -0.25) is 4.79 Å². The second kappa shape index (κ2) is 11.5. The molecular formula is C15H33Cl2N3O. The molecule has 4 nitrogen and oxygen atoms in total. The number of amides is 1. The minimum absolute atomic E-state index is 0. The predicted octanol–water partition coefficient (Wildman–Crippen LogP) is 2.39. The van der Waals surface area contributed by atoms with E-state index in [4.69, 9.17) is 5.73 Å². The number of rotatable bonds is 6. The van der Waals surface area contributed by atoms with Gasteiger partial charge in [-0.1, -0.05) is 27.7 Å². The van der Waals surface area contributed by atoms with Gasteiger partial charge in [-0.2, -0.15) is 0 Å². The molecule has 1 fully saturated rings. The van der Waals surface area contributed by atoms with Gasteiger partial charge in [-0.15, -0.1) is 24.8 Å². The lowest BCUT2D eigenvalue weighted by molar-refractivity contribution is -0.135.